The number of benzene rings is 3. The van der Waals surface area contributed by atoms with Crippen LogP contribution in [0.4, 0.5) is 14.5 Å². The first-order chi connectivity index (χ1) is 15.3. The van der Waals surface area contributed by atoms with Crippen LogP contribution in [0.25, 0.3) is 0 Å². The first kappa shape index (κ1) is 22.9. The van der Waals surface area contributed by atoms with E-state index < -0.39 is 27.6 Å². The fraction of sp³-hybridized carbons (Fsp3) is 0.0909. The molecule has 0 bridgehead atoms. The van der Waals surface area contributed by atoms with E-state index in [4.69, 9.17) is 4.74 Å². The number of halogens is 2. The van der Waals surface area contributed by atoms with E-state index in [-0.39, 0.29) is 21.7 Å². The maximum absolute atomic E-state index is 13.5. The van der Waals surface area contributed by atoms with E-state index in [1.165, 1.54) is 42.5 Å². The average molecular weight is 459 g/mol. The number of nitrogens with one attached hydrogen (secondary N) is 2. The monoisotopic (exact) mass is 459 g/mol. The molecular weight excluding hydrogens is 440 g/mol. The van der Waals surface area contributed by atoms with E-state index in [0.717, 1.165) is 12.3 Å². The van der Waals surface area contributed by atoms with Crippen molar-refractivity contribution in [3.63, 3.8) is 0 Å². The van der Waals surface area contributed by atoms with Crippen molar-refractivity contribution in [1.29, 1.82) is 0 Å². The van der Waals surface area contributed by atoms with Gasteiger partial charge in [-0.3, -0.25) is 9.52 Å². The minimum atomic E-state index is -3.82. The summed E-state index contributed by atoms with van der Waals surface area (Å²) in [6, 6.07) is 14.6. The highest BCUT2D eigenvalue weighted by molar-refractivity contribution is 7.92. The Labute approximate surface area is 183 Å². The van der Waals surface area contributed by atoms with Gasteiger partial charge in [-0.25, -0.2) is 22.6 Å². The van der Waals surface area contributed by atoms with Crippen LogP contribution in [-0.4, -0.2) is 27.1 Å². The van der Waals surface area contributed by atoms with Gasteiger partial charge in [-0.1, -0.05) is 0 Å². The fourth-order valence-corrected chi connectivity index (χ4v) is 3.68. The molecule has 0 aliphatic rings. The first-order valence-corrected chi connectivity index (χ1v) is 10.9. The van der Waals surface area contributed by atoms with Crippen molar-refractivity contribution in [2.24, 2.45) is 5.10 Å². The van der Waals surface area contributed by atoms with Gasteiger partial charge in [-0.2, -0.15) is 5.10 Å². The minimum absolute atomic E-state index is 0.00532. The third-order valence-corrected chi connectivity index (χ3v) is 5.57. The zero-order valence-corrected chi connectivity index (χ0v) is 17.7. The predicted molar refractivity (Wildman–Crippen MR) is 116 cm³/mol. The number of carbonyl (C=O) groups is 1. The van der Waals surface area contributed by atoms with Gasteiger partial charge in [0.05, 0.1) is 17.7 Å². The van der Waals surface area contributed by atoms with Gasteiger partial charge >= 0.3 is 0 Å². The second-order valence-electron chi connectivity index (χ2n) is 6.45. The van der Waals surface area contributed by atoms with Crippen molar-refractivity contribution in [3.8, 4) is 5.75 Å². The molecule has 0 aromatic heterocycles. The van der Waals surface area contributed by atoms with Gasteiger partial charge in [0.2, 0.25) is 0 Å². The maximum Gasteiger partial charge on any atom is 0.271 e. The van der Waals surface area contributed by atoms with E-state index in [1.807, 2.05) is 6.92 Å². The molecule has 166 valence electrons. The fourth-order valence-electron chi connectivity index (χ4n) is 2.62. The molecule has 0 saturated carbocycles. The van der Waals surface area contributed by atoms with Crippen molar-refractivity contribution >= 4 is 27.8 Å². The summed E-state index contributed by atoms with van der Waals surface area (Å²) in [5, 5.41) is 3.64. The Balaban J connectivity index is 1.62. The number of rotatable bonds is 8. The number of amides is 1. The van der Waals surface area contributed by atoms with Crippen LogP contribution in [0.15, 0.2) is 76.7 Å². The molecule has 0 heterocycles. The quantitative estimate of drug-likeness (QED) is 0.394. The molecule has 0 unspecified atom stereocenters. The van der Waals surface area contributed by atoms with E-state index in [1.54, 1.807) is 12.1 Å². The van der Waals surface area contributed by atoms with Crippen molar-refractivity contribution in [2.45, 2.75) is 11.8 Å². The number of sulfonamides is 1. The van der Waals surface area contributed by atoms with Crippen LogP contribution < -0.4 is 14.9 Å². The molecule has 0 radical (unpaired) electrons. The number of anilines is 1. The van der Waals surface area contributed by atoms with Gasteiger partial charge in [0.15, 0.2) is 0 Å². The molecule has 32 heavy (non-hydrogen) atoms. The zero-order chi connectivity index (χ0) is 23.1. The van der Waals surface area contributed by atoms with E-state index in [0.29, 0.717) is 18.4 Å². The smallest absolute Gasteiger partial charge is 0.271 e. The number of carbonyl (C=O) groups excluding carboxylic acids is 1. The Bertz CT molecular complexity index is 1230. The molecule has 2 N–H and O–H groups in total. The van der Waals surface area contributed by atoms with Gasteiger partial charge < -0.3 is 4.74 Å². The Morgan fingerprint density at radius 2 is 1.72 bits per heavy atom. The van der Waals surface area contributed by atoms with E-state index in [9.17, 15) is 22.0 Å². The largest absolute Gasteiger partial charge is 0.494 e. The normalized spacial score (nSPS) is 11.3. The Morgan fingerprint density at radius 1 is 1.03 bits per heavy atom. The van der Waals surface area contributed by atoms with Gasteiger partial charge in [0.1, 0.15) is 17.4 Å². The number of hydrazone groups is 1. The van der Waals surface area contributed by atoms with E-state index >= 15 is 0 Å². The average Bonchev–Trinajstić information content (AvgIpc) is 2.76. The highest BCUT2D eigenvalue weighted by atomic mass is 32.2. The molecule has 10 heteroatoms. The summed E-state index contributed by atoms with van der Waals surface area (Å²) in [4.78, 5) is 12.2. The number of nitrogens with zero attached hydrogens (tertiary/aromatic N) is 1. The lowest BCUT2D eigenvalue weighted by molar-refractivity contribution is 0.0955. The van der Waals surface area contributed by atoms with Crippen molar-refractivity contribution < 1.29 is 26.7 Å². The molecule has 0 aliphatic heterocycles. The Morgan fingerprint density at radius 3 is 2.34 bits per heavy atom. The minimum Gasteiger partial charge on any atom is -0.494 e. The first-order valence-electron chi connectivity index (χ1n) is 9.42. The molecule has 0 saturated heterocycles. The van der Waals surface area contributed by atoms with Crippen molar-refractivity contribution in [1.82, 2.24) is 5.43 Å². The molecule has 7 nitrogen and oxygen atoms in total. The molecule has 0 atom stereocenters. The third-order valence-electron chi connectivity index (χ3n) is 4.18. The van der Waals surface area contributed by atoms with Crippen molar-refractivity contribution in [2.75, 3.05) is 11.3 Å². The van der Waals surface area contributed by atoms with Gasteiger partial charge in [-0.15, -0.1) is 0 Å². The SMILES string of the molecule is CCOc1ccc(S(=O)(=O)Nc2ccc(C(=O)N/N=C/c3ccc(F)cc3F)cc2)cc1. The summed E-state index contributed by atoms with van der Waals surface area (Å²) in [6.45, 7) is 2.30. The second-order valence-corrected chi connectivity index (χ2v) is 8.13. The summed E-state index contributed by atoms with van der Waals surface area (Å²) in [5.74, 6) is -1.56. The molecular formula is C22H19F2N3O4S. The summed E-state index contributed by atoms with van der Waals surface area (Å²) in [7, 11) is -3.82. The van der Waals surface area contributed by atoms with Crippen LogP contribution in [0.3, 0.4) is 0 Å². The standard InChI is InChI=1S/C22H19F2N3O4S/c1-2-31-19-9-11-20(12-10-19)32(29,30)27-18-7-4-15(5-8-18)22(28)26-25-14-16-3-6-17(23)13-21(16)24/h3-14,27H,2H2,1H3,(H,26,28)/b25-14+. The molecule has 3 aromatic rings. The Hall–Kier alpha value is -3.79. The van der Waals surface area contributed by atoms with E-state index in [2.05, 4.69) is 15.2 Å². The van der Waals surface area contributed by atoms with Gasteiger partial charge in [-0.05, 0) is 67.6 Å². The number of hydrogen-bond acceptors (Lipinski definition) is 5. The third kappa shape index (κ3) is 5.88. The Kier molecular flexibility index (Phi) is 7.16. The van der Waals surface area contributed by atoms with Crippen LogP contribution in [0, 0.1) is 11.6 Å². The van der Waals surface area contributed by atoms with Crippen LogP contribution in [-0.2, 0) is 10.0 Å². The zero-order valence-electron chi connectivity index (χ0n) is 16.9. The molecule has 3 aromatic carbocycles. The van der Waals surface area contributed by atoms with Crippen LogP contribution in [0.2, 0.25) is 0 Å². The second kappa shape index (κ2) is 10.0. The highest BCUT2D eigenvalue weighted by Crippen LogP contribution is 2.20. The topological polar surface area (TPSA) is 96.9 Å². The van der Waals surface area contributed by atoms with Gasteiger partial charge in [0.25, 0.3) is 15.9 Å². The highest BCUT2D eigenvalue weighted by Gasteiger charge is 2.15. The number of ether oxygens (including phenoxy) is 1. The summed E-state index contributed by atoms with van der Waals surface area (Å²) >= 11 is 0. The lowest BCUT2D eigenvalue weighted by Crippen LogP contribution is -2.18. The lowest BCUT2D eigenvalue weighted by atomic mass is 10.2. The maximum atomic E-state index is 13.5. The van der Waals surface area contributed by atoms with Gasteiger partial charge in [0, 0.05) is 22.9 Å². The molecule has 3 rings (SSSR count). The number of hydrogen-bond donors (Lipinski definition) is 2. The summed E-state index contributed by atoms with van der Waals surface area (Å²) in [6.07, 6.45) is 1.05. The van der Waals surface area contributed by atoms with Crippen LogP contribution in [0.1, 0.15) is 22.8 Å². The molecule has 1 amide bonds. The van der Waals surface area contributed by atoms with Crippen molar-refractivity contribution in [3.05, 3.63) is 89.5 Å². The molecule has 0 aliphatic carbocycles. The molecule has 0 spiro atoms. The lowest BCUT2D eigenvalue weighted by Gasteiger charge is -2.09. The predicted octanol–water partition coefficient (Wildman–Crippen LogP) is 3.93. The van der Waals surface area contributed by atoms with Crippen LogP contribution in [0.5, 0.6) is 5.75 Å². The summed E-state index contributed by atoms with van der Waals surface area (Å²) in [5.41, 5.74) is 2.68. The molecule has 0 fully saturated rings. The summed E-state index contributed by atoms with van der Waals surface area (Å²) < 4.78 is 59.2. The van der Waals surface area contributed by atoms with Crippen LogP contribution >= 0.6 is 0 Å².